The van der Waals surface area contributed by atoms with Crippen molar-refractivity contribution in [1.29, 1.82) is 0 Å². The van der Waals surface area contributed by atoms with Crippen LogP contribution < -0.4 is 5.32 Å². The molecule has 180 valence electrons. The topological polar surface area (TPSA) is 45.2 Å². The lowest BCUT2D eigenvalue weighted by atomic mass is 9.79. The van der Waals surface area contributed by atoms with Gasteiger partial charge in [-0.3, -0.25) is 4.98 Å². The van der Waals surface area contributed by atoms with E-state index in [2.05, 4.69) is 10.3 Å². The molecule has 0 bridgehead atoms. The van der Waals surface area contributed by atoms with Crippen molar-refractivity contribution in [3.8, 4) is 0 Å². The van der Waals surface area contributed by atoms with Crippen LogP contribution in [0.15, 0.2) is 66.9 Å². The number of nitrogens with zero attached hydrogens (tertiary/aromatic N) is 2. The average molecular weight is 494 g/mol. The summed E-state index contributed by atoms with van der Waals surface area (Å²) in [6.45, 7) is 3.59. The van der Waals surface area contributed by atoms with E-state index >= 15 is 0 Å². The second-order valence-electron chi connectivity index (χ2n) is 8.29. The Morgan fingerprint density at radius 1 is 1.06 bits per heavy atom. The van der Waals surface area contributed by atoms with Crippen molar-refractivity contribution in [2.75, 3.05) is 7.05 Å². The average Bonchev–Trinajstić information content (AvgIpc) is 2.78. The van der Waals surface area contributed by atoms with Crippen LogP contribution in [-0.2, 0) is 18.1 Å². The molecule has 1 atom stereocenters. The monoisotopic (exact) mass is 493 g/mol. The van der Waals surface area contributed by atoms with Crippen LogP contribution in [0.3, 0.4) is 0 Å². The highest BCUT2D eigenvalue weighted by Gasteiger charge is 2.41. The fourth-order valence-corrected chi connectivity index (χ4v) is 3.67. The van der Waals surface area contributed by atoms with E-state index in [0.717, 1.165) is 12.1 Å². The van der Waals surface area contributed by atoms with E-state index in [1.54, 1.807) is 51.2 Å². The van der Waals surface area contributed by atoms with Crippen LogP contribution >= 0.6 is 11.6 Å². The molecule has 0 radical (unpaired) electrons. The largest absolute Gasteiger partial charge is 0.416 e. The van der Waals surface area contributed by atoms with Crippen LogP contribution in [0.5, 0.6) is 0 Å². The molecule has 0 aliphatic rings. The Kier molecular flexibility index (Phi) is 7.51. The molecule has 3 aromatic rings. The fourth-order valence-electron chi connectivity index (χ4n) is 3.56. The summed E-state index contributed by atoms with van der Waals surface area (Å²) >= 11 is 6.01. The molecule has 34 heavy (non-hydrogen) atoms. The second-order valence-corrected chi connectivity index (χ2v) is 8.73. The van der Waals surface area contributed by atoms with Crippen molar-refractivity contribution in [2.24, 2.45) is 0 Å². The number of urea groups is 1. The molecule has 1 heterocycles. The number of carbonyl (C=O) groups excluding carboxylic acids is 1. The molecule has 0 saturated carbocycles. The first-order valence-electron chi connectivity index (χ1n) is 10.5. The summed E-state index contributed by atoms with van der Waals surface area (Å²) < 4.78 is 55.4. The maximum absolute atomic E-state index is 14.6. The van der Waals surface area contributed by atoms with Gasteiger partial charge in [-0.2, -0.15) is 13.2 Å². The van der Waals surface area contributed by atoms with Gasteiger partial charge in [-0.25, -0.2) is 9.18 Å². The normalized spacial score (nSPS) is 13.4. The molecule has 0 spiro atoms. The highest BCUT2D eigenvalue weighted by molar-refractivity contribution is 6.30. The lowest BCUT2D eigenvalue weighted by molar-refractivity contribution is -0.137. The van der Waals surface area contributed by atoms with Gasteiger partial charge in [0.05, 0.1) is 16.3 Å². The summed E-state index contributed by atoms with van der Waals surface area (Å²) in [7, 11) is 1.56. The highest BCUT2D eigenvalue weighted by Crippen LogP contribution is 2.38. The smallest absolute Gasteiger partial charge is 0.325 e. The first-order chi connectivity index (χ1) is 15.9. The van der Waals surface area contributed by atoms with Crippen molar-refractivity contribution >= 4 is 17.6 Å². The molecule has 0 fully saturated rings. The molecule has 2 amide bonds. The SMILES string of the molecule is CC(C)N(C)C(=O)NC(Cc1ccccc1)(c1cc(F)cc(C(F)(F)F)c1)c1ccc(Cl)cn1. The Morgan fingerprint density at radius 2 is 1.71 bits per heavy atom. The third-order valence-corrected chi connectivity index (χ3v) is 5.83. The van der Waals surface area contributed by atoms with Gasteiger partial charge in [0.1, 0.15) is 11.4 Å². The number of halogens is 5. The minimum Gasteiger partial charge on any atom is -0.325 e. The minimum absolute atomic E-state index is 0.0148. The van der Waals surface area contributed by atoms with Crippen molar-refractivity contribution in [2.45, 2.75) is 38.0 Å². The first-order valence-corrected chi connectivity index (χ1v) is 10.9. The summed E-state index contributed by atoms with van der Waals surface area (Å²) in [4.78, 5) is 19.0. The molecule has 0 aliphatic carbocycles. The summed E-state index contributed by atoms with van der Waals surface area (Å²) in [6.07, 6.45) is -3.44. The Hall–Kier alpha value is -3.13. The number of alkyl halides is 3. The second kappa shape index (κ2) is 10.0. The zero-order chi connectivity index (χ0) is 25.1. The van der Waals surface area contributed by atoms with Crippen molar-refractivity contribution < 1.29 is 22.4 Å². The molecular weight excluding hydrogens is 470 g/mol. The Balaban J connectivity index is 2.32. The first kappa shape index (κ1) is 25.5. The van der Waals surface area contributed by atoms with Crippen LogP contribution in [0.25, 0.3) is 0 Å². The van der Waals surface area contributed by atoms with E-state index < -0.39 is 29.1 Å². The van der Waals surface area contributed by atoms with Gasteiger partial charge in [0.15, 0.2) is 0 Å². The quantitative estimate of drug-likeness (QED) is 0.402. The molecular formula is C25H24ClF4N3O. The number of nitrogens with one attached hydrogen (secondary N) is 1. The maximum Gasteiger partial charge on any atom is 0.416 e. The Labute approximate surface area is 200 Å². The number of hydrogen-bond acceptors (Lipinski definition) is 2. The van der Waals surface area contributed by atoms with Crippen molar-refractivity contribution in [1.82, 2.24) is 15.2 Å². The maximum atomic E-state index is 14.6. The van der Waals surface area contributed by atoms with Crippen LogP contribution in [-0.4, -0.2) is 29.0 Å². The zero-order valence-electron chi connectivity index (χ0n) is 18.8. The summed E-state index contributed by atoms with van der Waals surface area (Å²) in [5, 5.41) is 3.17. The molecule has 9 heteroatoms. The summed E-state index contributed by atoms with van der Waals surface area (Å²) in [5.41, 5.74) is -1.98. The number of aromatic nitrogens is 1. The molecule has 0 saturated heterocycles. The molecule has 4 nitrogen and oxygen atoms in total. The minimum atomic E-state index is -4.79. The summed E-state index contributed by atoms with van der Waals surface area (Å²) in [6, 6.07) is 13.4. The Bertz CT molecular complexity index is 1140. The molecule has 1 N–H and O–H groups in total. The van der Waals surface area contributed by atoms with Gasteiger partial charge in [-0.05, 0) is 55.3 Å². The third kappa shape index (κ3) is 5.67. The van der Waals surface area contributed by atoms with E-state index in [4.69, 9.17) is 11.6 Å². The zero-order valence-corrected chi connectivity index (χ0v) is 19.6. The van der Waals surface area contributed by atoms with E-state index in [0.29, 0.717) is 16.7 Å². The predicted molar refractivity (Wildman–Crippen MR) is 123 cm³/mol. The molecule has 0 aliphatic heterocycles. The van der Waals surface area contributed by atoms with Crippen molar-refractivity contribution in [3.05, 3.63) is 100 Å². The predicted octanol–water partition coefficient (Wildman–Crippen LogP) is 6.43. The number of amides is 2. The van der Waals surface area contributed by atoms with E-state index in [1.165, 1.54) is 23.2 Å². The highest BCUT2D eigenvalue weighted by atomic mass is 35.5. The van der Waals surface area contributed by atoms with Gasteiger partial charge < -0.3 is 10.2 Å². The van der Waals surface area contributed by atoms with Gasteiger partial charge in [0.25, 0.3) is 0 Å². The number of rotatable bonds is 6. The number of carbonyl (C=O) groups is 1. The molecule has 3 rings (SSSR count). The fraction of sp³-hybridized carbons (Fsp3) is 0.280. The van der Waals surface area contributed by atoms with E-state index in [1.807, 2.05) is 0 Å². The summed E-state index contributed by atoms with van der Waals surface area (Å²) in [5.74, 6) is -1.08. The number of pyridine rings is 1. The molecule has 2 aromatic carbocycles. The van der Waals surface area contributed by atoms with Gasteiger partial charge in [0.2, 0.25) is 0 Å². The lowest BCUT2D eigenvalue weighted by Gasteiger charge is -2.38. The number of hydrogen-bond donors (Lipinski definition) is 1. The Morgan fingerprint density at radius 3 is 2.26 bits per heavy atom. The molecule has 1 unspecified atom stereocenters. The van der Waals surface area contributed by atoms with Crippen LogP contribution in [0.2, 0.25) is 5.02 Å². The van der Waals surface area contributed by atoms with Crippen LogP contribution in [0, 0.1) is 5.82 Å². The van der Waals surface area contributed by atoms with E-state index in [9.17, 15) is 22.4 Å². The third-order valence-electron chi connectivity index (χ3n) is 5.61. The number of benzene rings is 2. The lowest BCUT2D eigenvalue weighted by Crippen LogP contribution is -2.54. The van der Waals surface area contributed by atoms with Gasteiger partial charge in [0, 0.05) is 25.7 Å². The van der Waals surface area contributed by atoms with Gasteiger partial charge >= 0.3 is 12.2 Å². The van der Waals surface area contributed by atoms with Gasteiger partial charge in [-0.1, -0.05) is 41.9 Å². The van der Waals surface area contributed by atoms with Crippen LogP contribution in [0.4, 0.5) is 22.4 Å². The van der Waals surface area contributed by atoms with Gasteiger partial charge in [-0.15, -0.1) is 0 Å². The molecule has 1 aromatic heterocycles. The van der Waals surface area contributed by atoms with Crippen molar-refractivity contribution in [3.63, 3.8) is 0 Å². The van der Waals surface area contributed by atoms with E-state index in [-0.39, 0.29) is 23.7 Å². The standard InChI is InChI=1S/C25H24ClF4N3O/c1-16(2)33(3)23(34)32-24(14-17-7-5-4-6-8-17,22-10-9-20(26)15-31-22)18-11-19(25(28,29)30)13-21(27)12-18/h4-13,15-16H,14H2,1-3H3,(H,32,34). The van der Waals surface area contributed by atoms with Crippen LogP contribution in [0.1, 0.15) is 36.2 Å².